The molecule has 0 aromatic rings. The predicted molar refractivity (Wildman–Crippen MR) is 230 cm³/mol. The van der Waals surface area contributed by atoms with Gasteiger partial charge < -0.3 is 139 Å². The Morgan fingerprint density at radius 2 is 1.30 bits per heavy atom. The number of fused-ring (bicyclic) bond motifs is 1. The zero-order valence-electron chi connectivity index (χ0n) is 40.8. The maximum atomic E-state index is 11.1. The topological polar surface area (TPSA) is 484 Å². The van der Waals surface area contributed by atoms with Crippen LogP contribution in [0.4, 0.5) is 0 Å². The van der Waals surface area contributed by atoms with Crippen LogP contribution in [0.2, 0.25) is 0 Å². The van der Waals surface area contributed by atoms with Gasteiger partial charge in [-0.2, -0.15) is 0 Å². The number of methoxy groups -OCH3 is 2. The molecule has 0 aromatic heterocycles. The Balaban J connectivity index is 0.00000103. The van der Waals surface area contributed by atoms with E-state index in [1.807, 2.05) is 13.8 Å². The molecule has 6 rings (SSSR count). The molecule has 0 aromatic carbocycles. The van der Waals surface area contributed by atoms with E-state index in [4.69, 9.17) is 63.1 Å². The summed E-state index contributed by atoms with van der Waals surface area (Å²) < 4.78 is 56.5. The third-order valence-corrected chi connectivity index (χ3v) is 11.5. The molecule has 6 aliphatic heterocycles. The number of carboxylic acid groups (broad SMARTS) is 2. The third kappa shape index (κ3) is 21.7. The molecule has 6 fully saturated rings. The highest BCUT2D eigenvalue weighted by molar-refractivity contribution is 5.66. The molecule has 21 atom stereocenters. The Kier molecular flexibility index (Phi) is 32.2. The molecule has 0 spiro atoms. The number of aliphatic hydroxyl groups excluding tert-OH is 11. The summed E-state index contributed by atoms with van der Waals surface area (Å²) in [6.07, 6.45) is -19.4. The summed E-state index contributed by atoms with van der Waals surface area (Å²) in [5.74, 6) is -4.79. The molecule has 15 N–H and O–H groups in total. The smallest absolute Gasteiger partial charge is 0.302 e. The van der Waals surface area contributed by atoms with Crippen LogP contribution in [-0.4, -0.2) is 268 Å². The molecular weight excluding hydrogens is 968 g/mol. The van der Waals surface area contributed by atoms with Crippen LogP contribution in [0.1, 0.15) is 59.8 Å². The number of aliphatic hydroxyl groups is 11. The van der Waals surface area contributed by atoms with Crippen molar-refractivity contribution < 1.29 is 144 Å². The lowest BCUT2D eigenvalue weighted by molar-refractivity contribution is -0.404. The first-order chi connectivity index (χ1) is 32.4. The van der Waals surface area contributed by atoms with Crippen molar-refractivity contribution in [2.75, 3.05) is 61.0 Å². The predicted octanol–water partition coefficient (Wildman–Crippen LogP) is -9.36. The number of carbonyl (C=O) groups excluding carboxylic acids is 3. The molecule has 0 radical (unpaired) electrons. The highest BCUT2D eigenvalue weighted by Crippen LogP contribution is 2.36. The Morgan fingerprint density at radius 1 is 0.690 bits per heavy atom. The Labute approximate surface area is 410 Å². The SMILES string of the molecule is CC(=O)OCC1OCC[C@H](O)[C@@H]1O.COC.CO[C@@H]1OC(CC(=O)[O-])[C@@H](O[C@@H]2OC3COC(C)(CC(=O)[O-])O[C@H]3[C@@H](O)C2O)[C@@H](O)C1O.C[C@@H]1CC(CO)O[C@@H](C)C1O.O.O.OCC1C[C@@H](O)C(O)CO1. The van der Waals surface area contributed by atoms with Crippen molar-refractivity contribution in [1.82, 2.24) is 0 Å². The number of ether oxygens (including phenoxy) is 11. The molecule has 0 aliphatic carbocycles. The molecule has 422 valence electrons. The summed E-state index contributed by atoms with van der Waals surface area (Å²) >= 11 is 0. The van der Waals surface area contributed by atoms with Gasteiger partial charge in [-0.25, -0.2) is 0 Å². The van der Waals surface area contributed by atoms with E-state index in [-0.39, 0.29) is 74.3 Å². The van der Waals surface area contributed by atoms with Gasteiger partial charge in [-0.1, -0.05) is 6.92 Å². The van der Waals surface area contributed by atoms with Gasteiger partial charge in [-0.3, -0.25) is 4.79 Å². The standard InChI is InChI=1S/C18H28O14.C8H14O5.C8H16O3.C6H12O4.C2H6O.2H2O/c1-18(4-9(21)22)28-5-7-15(32-18)11(24)13(26)17(30-7)31-14-6(3-8(19)20)29-16(27-2)12(25)10(14)23;1-5(9)13-4-7-8(11)6(10)2-3-12-7;1-5-3-7(4-9)11-6(2)8(5)10;7-2-4-1-5(8)6(9)3-10-4;1-3-2;;/h6-7,10-17,23-26H,3-5H2,1-2H3,(H,19,20)(H,21,22);6-8,10-11H,2-4H2,1H3;5-10H,3-4H2,1-2H3;4-9H,1-3H2;1-2H3;2*1H2/p-2/t6?,7?,10-,11-,12?,13?,14+,15+,16+,17-,18?;6-,7?,8-;5-,6+,7?,8?;4?,5-,6?;;;/m0011.../s1. The van der Waals surface area contributed by atoms with Gasteiger partial charge >= 0.3 is 5.97 Å². The van der Waals surface area contributed by atoms with Crippen molar-refractivity contribution in [2.24, 2.45) is 5.92 Å². The average molecular weight is 1050 g/mol. The third-order valence-electron chi connectivity index (χ3n) is 11.5. The lowest BCUT2D eigenvalue weighted by Crippen LogP contribution is -2.67. The lowest BCUT2D eigenvalue weighted by Gasteiger charge is -2.51. The number of carboxylic acids is 2. The quantitative estimate of drug-likeness (QED) is 0.0856. The molecule has 71 heavy (non-hydrogen) atoms. The minimum Gasteiger partial charge on any atom is -0.550 e. The first-order valence-electron chi connectivity index (χ1n) is 22.3. The summed E-state index contributed by atoms with van der Waals surface area (Å²) in [6, 6.07) is 0. The van der Waals surface area contributed by atoms with E-state index >= 15 is 0 Å². The lowest BCUT2D eigenvalue weighted by atomic mass is 9.91. The maximum Gasteiger partial charge on any atom is 0.302 e. The normalized spacial score (nSPS) is 40.6. The van der Waals surface area contributed by atoms with E-state index in [1.165, 1.54) is 21.0 Å². The van der Waals surface area contributed by atoms with Crippen LogP contribution in [0.25, 0.3) is 0 Å². The zero-order chi connectivity index (χ0) is 52.3. The molecule has 29 nitrogen and oxygen atoms in total. The van der Waals surface area contributed by atoms with Gasteiger partial charge in [0.1, 0.15) is 67.6 Å². The van der Waals surface area contributed by atoms with Gasteiger partial charge in [0.15, 0.2) is 18.4 Å². The number of hydrogen-bond donors (Lipinski definition) is 11. The summed E-state index contributed by atoms with van der Waals surface area (Å²) in [5, 5.41) is 127. The number of hydrogen-bond acceptors (Lipinski definition) is 27. The number of aliphatic carboxylic acids is 2. The molecule has 6 saturated heterocycles. The van der Waals surface area contributed by atoms with Gasteiger partial charge in [0.2, 0.25) is 0 Å². The highest BCUT2D eigenvalue weighted by Gasteiger charge is 2.54. The Bertz CT molecular complexity index is 1470. The number of rotatable bonds is 11. The van der Waals surface area contributed by atoms with Crippen molar-refractivity contribution in [3.63, 3.8) is 0 Å². The van der Waals surface area contributed by atoms with E-state index in [0.29, 0.717) is 19.4 Å². The van der Waals surface area contributed by atoms with Crippen LogP contribution in [0.3, 0.4) is 0 Å². The van der Waals surface area contributed by atoms with Gasteiger partial charge in [0, 0.05) is 66.1 Å². The fourth-order valence-corrected chi connectivity index (χ4v) is 7.73. The van der Waals surface area contributed by atoms with Crippen LogP contribution in [0.15, 0.2) is 0 Å². The average Bonchev–Trinajstić information content (AvgIpc) is 3.28. The van der Waals surface area contributed by atoms with Crippen molar-refractivity contribution >= 4 is 17.9 Å². The summed E-state index contributed by atoms with van der Waals surface area (Å²) in [5.41, 5.74) is 0. The second-order valence-electron chi connectivity index (χ2n) is 17.4. The number of carbonyl (C=O) groups is 3. The van der Waals surface area contributed by atoms with Gasteiger partial charge in [-0.05, 0) is 32.6 Å². The minimum absolute atomic E-state index is 0. The van der Waals surface area contributed by atoms with Gasteiger partial charge in [0.05, 0.1) is 69.2 Å². The van der Waals surface area contributed by atoms with E-state index in [1.54, 1.807) is 14.2 Å². The van der Waals surface area contributed by atoms with Crippen LogP contribution in [0, 0.1) is 5.92 Å². The van der Waals surface area contributed by atoms with Gasteiger partial charge in [0.25, 0.3) is 0 Å². The monoisotopic (exact) mass is 1050 g/mol. The van der Waals surface area contributed by atoms with Crippen molar-refractivity contribution in [1.29, 1.82) is 0 Å². The fourth-order valence-electron chi connectivity index (χ4n) is 7.73. The summed E-state index contributed by atoms with van der Waals surface area (Å²) in [7, 11) is 4.43. The molecule has 0 amide bonds. The first kappa shape index (κ1) is 68.5. The Hall–Kier alpha value is -2.51. The van der Waals surface area contributed by atoms with Crippen LogP contribution in [-0.2, 0) is 66.5 Å². The van der Waals surface area contributed by atoms with E-state index in [9.17, 15) is 60.3 Å². The second kappa shape index (κ2) is 33.4. The van der Waals surface area contributed by atoms with Crippen LogP contribution < -0.4 is 10.2 Å². The maximum absolute atomic E-state index is 11.1. The fraction of sp³-hybridized carbons (Fsp3) is 0.929. The summed E-state index contributed by atoms with van der Waals surface area (Å²) in [6.45, 7) is 6.64. The zero-order valence-corrected chi connectivity index (χ0v) is 40.8. The highest BCUT2D eigenvalue weighted by atomic mass is 16.8. The molecule has 10 unspecified atom stereocenters. The molecule has 0 saturated carbocycles. The Morgan fingerprint density at radius 3 is 1.82 bits per heavy atom. The van der Waals surface area contributed by atoms with E-state index in [0.717, 1.165) is 6.42 Å². The molecule has 0 bridgehead atoms. The van der Waals surface area contributed by atoms with Gasteiger partial charge in [-0.15, -0.1) is 0 Å². The molecule has 6 aliphatic rings. The molecule has 29 heteroatoms. The van der Waals surface area contributed by atoms with Crippen molar-refractivity contribution in [2.45, 2.75) is 182 Å². The van der Waals surface area contributed by atoms with Crippen LogP contribution in [0.5, 0.6) is 0 Å². The molecule has 6 heterocycles. The molecular formula is C42H78O29-2. The van der Waals surface area contributed by atoms with Crippen molar-refractivity contribution in [3.8, 4) is 0 Å². The number of esters is 1. The van der Waals surface area contributed by atoms with E-state index < -0.39 is 128 Å². The largest absolute Gasteiger partial charge is 0.550 e. The van der Waals surface area contributed by atoms with E-state index in [2.05, 4.69) is 9.47 Å². The summed E-state index contributed by atoms with van der Waals surface area (Å²) in [4.78, 5) is 32.5. The minimum atomic E-state index is -1.75. The van der Waals surface area contributed by atoms with Crippen molar-refractivity contribution in [3.05, 3.63) is 0 Å². The first-order valence-corrected chi connectivity index (χ1v) is 22.3. The van der Waals surface area contributed by atoms with Crippen LogP contribution >= 0.6 is 0 Å². The second-order valence-corrected chi connectivity index (χ2v) is 17.4.